The van der Waals surface area contributed by atoms with Crippen LogP contribution >= 0.6 is 0 Å². The van der Waals surface area contributed by atoms with Crippen LogP contribution in [0, 0.1) is 17.1 Å². The molecule has 2 aromatic carbocycles. The highest BCUT2D eigenvalue weighted by Gasteiger charge is 2.33. The fraction of sp³-hybridized carbons (Fsp3) is 0.273. The monoisotopic (exact) mass is 405 g/mol. The van der Waals surface area contributed by atoms with E-state index in [2.05, 4.69) is 21.6 Å². The van der Waals surface area contributed by atoms with Gasteiger partial charge in [0.05, 0.1) is 28.8 Å². The largest absolute Gasteiger partial charge is 0.335 e. The number of aromatic amines is 1. The summed E-state index contributed by atoms with van der Waals surface area (Å²) in [5, 5.41) is 19.8. The minimum Gasteiger partial charge on any atom is -0.335 e. The zero-order valence-electron chi connectivity index (χ0n) is 16.4. The third kappa shape index (κ3) is 3.80. The van der Waals surface area contributed by atoms with Crippen molar-refractivity contribution >= 4 is 16.7 Å². The van der Waals surface area contributed by atoms with E-state index in [0.29, 0.717) is 30.6 Å². The van der Waals surface area contributed by atoms with Crippen molar-refractivity contribution in [2.24, 2.45) is 0 Å². The summed E-state index contributed by atoms with van der Waals surface area (Å²) in [5.74, 6) is -0.957. The van der Waals surface area contributed by atoms with Gasteiger partial charge in [-0.2, -0.15) is 10.4 Å². The van der Waals surface area contributed by atoms with Gasteiger partial charge in [-0.25, -0.2) is 9.49 Å². The molecule has 1 atom stereocenters. The summed E-state index contributed by atoms with van der Waals surface area (Å²) in [6.45, 7) is 2.61. The Kier molecular flexibility index (Phi) is 5.29. The Balaban J connectivity index is 1.54. The molecule has 152 valence electrons. The number of hydrogen-bond acceptors (Lipinski definition) is 5. The number of carbonyl (C=O) groups excluding carboxylic acids is 1. The molecule has 1 amide bonds. The van der Waals surface area contributed by atoms with Crippen molar-refractivity contribution in [1.29, 1.82) is 5.26 Å². The minimum absolute atomic E-state index is 0.00742. The number of amides is 1. The highest BCUT2D eigenvalue weighted by atomic mass is 19.1. The average Bonchev–Trinajstić information content (AvgIpc) is 2.73. The van der Waals surface area contributed by atoms with Gasteiger partial charge in [-0.3, -0.25) is 14.9 Å². The molecule has 0 bridgehead atoms. The second kappa shape index (κ2) is 8.05. The van der Waals surface area contributed by atoms with Gasteiger partial charge in [0.25, 0.3) is 11.5 Å². The number of hydrogen-bond donors (Lipinski definition) is 2. The van der Waals surface area contributed by atoms with E-state index in [-0.39, 0.29) is 29.1 Å². The smallest absolute Gasteiger partial charge is 0.272 e. The van der Waals surface area contributed by atoms with Crippen molar-refractivity contribution in [3.63, 3.8) is 0 Å². The number of nitriles is 1. The number of carbonyl (C=O) groups is 1. The van der Waals surface area contributed by atoms with Crippen LogP contribution in [0.1, 0.15) is 28.5 Å². The van der Waals surface area contributed by atoms with Crippen LogP contribution in [0.4, 0.5) is 4.39 Å². The van der Waals surface area contributed by atoms with Crippen molar-refractivity contribution in [1.82, 2.24) is 20.4 Å². The lowest BCUT2D eigenvalue weighted by atomic mass is 10.0. The van der Waals surface area contributed by atoms with Crippen LogP contribution in [0.15, 0.2) is 47.3 Å². The molecule has 1 fully saturated rings. The van der Waals surface area contributed by atoms with Gasteiger partial charge >= 0.3 is 0 Å². The molecule has 7 nitrogen and oxygen atoms in total. The average molecular weight is 405 g/mol. The van der Waals surface area contributed by atoms with Crippen molar-refractivity contribution in [2.75, 3.05) is 13.1 Å². The van der Waals surface area contributed by atoms with E-state index >= 15 is 0 Å². The molecule has 3 aromatic rings. The van der Waals surface area contributed by atoms with Crippen LogP contribution in [0.3, 0.4) is 0 Å². The predicted molar refractivity (Wildman–Crippen MR) is 109 cm³/mol. The van der Waals surface area contributed by atoms with Crippen LogP contribution < -0.4 is 10.9 Å². The first-order valence-corrected chi connectivity index (χ1v) is 9.66. The Hall–Kier alpha value is -3.57. The van der Waals surface area contributed by atoms with Gasteiger partial charge in [0.1, 0.15) is 5.82 Å². The van der Waals surface area contributed by atoms with Gasteiger partial charge in [0.15, 0.2) is 0 Å². The summed E-state index contributed by atoms with van der Waals surface area (Å²) >= 11 is 0. The summed E-state index contributed by atoms with van der Waals surface area (Å²) < 4.78 is 14.4. The Labute approximate surface area is 172 Å². The van der Waals surface area contributed by atoms with Gasteiger partial charge in [-0.1, -0.05) is 24.3 Å². The van der Waals surface area contributed by atoms with Crippen molar-refractivity contribution in [3.8, 4) is 6.07 Å². The molecule has 8 heteroatoms. The number of aromatic nitrogens is 2. The predicted octanol–water partition coefficient (Wildman–Crippen LogP) is 1.98. The van der Waals surface area contributed by atoms with E-state index < -0.39 is 5.82 Å². The van der Waals surface area contributed by atoms with Gasteiger partial charge < -0.3 is 4.90 Å². The normalized spacial score (nSPS) is 14.9. The topological polar surface area (TPSA) is 102 Å². The maximum atomic E-state index is 14.4. The number of H-pyrrole nitrogens is 1. The van der Waals surface area contributed by atoms with Crippen LogP contribution in [-0.2, 0) is 6.42 Å². The Morgan fingerprint density at radius 3 is 2.80 bits per heavy atom. The van der Waals surface area contributed by atoms with Crippen molar-refractivity contribution < 1.29 is 9.18 Å². The number of rotatable bonds is 5. The third-order valence-electron chi connectivity index (χ3n) is 5.26. The number of nitrogens with zero attached hydrogens (tertiary/aromatic N) is 3. The van der Waals surface area contributed by atoms with E-state index in [1.54, 1.807) is 30.0 Å². The number of halogens is 1. The Bertz CT molecular complexity index is 1210. The molecule has 1 aliphatic rings. The van der Waals surface area contributed by atoms with Crippen LogP contribution in [0.25, 0.3) is 10.8 Å². The zero-order valence-corrected chi connectivity index (χ0v) is 16.4. The fourth-order valence-electron chi connectivity index (χ4n) is 3.66. The zero-order chi connectivity index (χ0) is 21.3. The Morgan fingerprint density at radius 1 is 1.33 bits per heavy atom. The minimum atomic E-state index is -0.579. The maximum Gasteiger partial charge on any atom is 0.272 e. The third-order valence-corrected chi connectivity index (χ3v) is 5.26. The fourth-order valence-corrected chi connectivity index (χ4v) is 3.66. The number of fused-ring (bicyclic) bond motifs is 1. The molecule has 0 aliphatic carbocycles. The molecule has 0 saturated carbocycles. The molecular formula is C22H20FN5O2. The lowest BCUT2D eigenvalue weighted by molar-refractivity contribution is 0.0557. The molecular weight excluding hydrogens is 385 g/mol. The van der Waals surface area contributed by atoms with Crippen LogP contribution in [-0.4, -0.2) is 46.2 Å². The molecule has 0 radical (unpaired) electrons. The van der Waals surface area contributed by atoms with Gasteiger partial charge in [-0.15, -0.1) is 0 Å². The first-order valence-electron chi connectivity index (χ1n) is 9.66. The molecule has 0 spiro atoms. The Morgan fingerprint density at radius 2 is 2.07 bits per heavy atom. The van der Waals surface area contributed by atoms with Crippen LogP contribution in [0.2, 0.25) is 0 Å². The first-order chi connectivity index (χ1) is 14.5. The van der Waals surface area contributed by atoms with Gasteiger partial charge in [0, 0.05) is 30.9 Å². The van der Waals surface area contributed by atoms with Gasteiger partial charge in [0.2, 0.25) is 0 Å². The maximum absolute atomic E-state index is 14.4. The lowest BCUT2D eigenvalue weighted by Gasteiger charge is -2.40. The molecule has 4 rings (SSSR count). The number of benzene rings is 2. The second-order valence-corrected chi connectivity index (χ2v) is 7.46. The summed E-state index contributed by atoms with van der Waals surface area (Å²) in [4.78, 5) is 26.3. The summed E-state index contributed by atoms with van der Waals surface area (Å²) in [6.07, 6.45) is 0.349. The molecule has 2 heterocycles. The molecule has 1 saturated heterocycles. The van der Waals surface area contributed by atoms with E-state index in [1.807, 2.05) is 12.1 Å². The molecule has 1 unspecified atom stereocenters. The highest BCUT2D eigenvalue weighted by molar-refractivity contribution is 5.95. The highest BCUT2D eigenvalue weighted by Crippen LogP contribution is 2.21. The van der Waals surface area contributed by atoms with Gasteiger partial charge in [-0.05, 0) is 30.7 Å². The van der Waals surface area contributed by atoms with Crippen LogP contribution in [0.5, 0.6) is 0 Å². The van der Waals surface area contributed by atoms with Crippen molar-refractivity contribution in [3.05, 3.63) is 75.5 Å². The van der Waals surface area contributed by atoms with E-state index in [9.17, 15) is 14.0 Å². The quantitative estimate of drug-likeness (QED) is 0.676. The molecule has 2 N–H and O–H groups in total. The lowest BCUT2D eigenvalue weighted by Crippen LogP contribution is -2.61. The molecule has 1 aliphatic heterocycles. The number of nitrogens with one attached hydrogen (secondary N) is 2. The second-order valence-electron chi connectivity index (χ2n) is 7.46. The summed E-state index contributed by atoms with van der Waals surface area (Å²) in [5.41, 5.74) is 1.11. The standard InChI is InChI=1S/C22H20FN5O2/c1-13(10-24)25-15-11-28(12-15)22(30)18-8-14(6-7-19(18)23)9-20-16-4-2-3-5-17(16)21(29)27-26-20/h2-8,13,15,25H,9,11-12H2,1H3,(H,27,29). The molecule has 1 aromatic heterocycles. The number of likely N-dealkylation sites (tertiary alicyclic amines) is 1. The first kappa shape index (κ1) is 19.7. The van der Waals surface area contributed by atoms with E-state index in [0.717, 1.165) is 10.9 Å². The van der Waals surface area contributed by atoms with E-state index in [1.165, 1.54) is 12.1 Å². The molecule has 30 heavy (non-hydrogen) atoms. The summed E-state index contributed by atoms with van der Waals surface area (Å²) in [6, 6.07) is 13.4. The van der Waals surface area contributed by atoms with Crippen molar-refractivity contribution in [2.45, 2.75) is 25.4 Å². The summed E-state index contributed by atoms with van der Waals surface area (Å²) in [7, 11) is 0. The SMILES string of the molecule is CC(C#N)NC1CN(C(=O)c2cc(Cc3n[nH]c(=O)c4ccccc34)ccc2F)C1. The van der Waals surface area contributed by atoms with E-state index in [4.69, 9.17) is 5.26 Å².